The molecule has 2 aromatic rings. The van der Waals surface area contributed by atoms with Crippen LogP contribution in [-0.2, 0) is 11.3 Å². The van der Waals surface area contributed by atoms with Crippen molar-refractivity contribution in [3.05, 3.63) is 20.8 Å². The van der Waals surface area contributed by atoms with Gasteiger partial charge in [-0.1, -0.05) is 20.3 Å². The van der Waals surface area contributed by atoms with Gasteiger partial charge in [-0.2, -0.15) is 4.98 Å². The van der Waals surface area contributed by atoms with Crippen LogP contribution in [-0.4, -0.2) is 53.8 Å². The van der Waals surface area contributed by atoms with Crippen LogP contribution >= 0.6 is 0 Å². The Morgan fingerprint density at radius 1 is 1.41 bits per heavy atom. The SMILES string of the molecule is CCCCn1c(=O)n([C@@H]2O[C@H](C(O)CC)[C@H](F)[C@H]2O)c2nc(N)[nH]c(=O)c21. The number of anilines is 1. The van der Waals surface area contributed by atoms with Crippen molar-refractivity contribution in [2.45, 2.75) is 70.4 Å². The van der Waals surface area contributed by atoms with Crippen LogP contribution < -0.4 is 17.0 Å². The number of aromatic nitrogens is 4. The second-order valence-electron chi connectivity index (χ2n) is 6.68. The van der Waals surface area contributed by atoms with Gasteiger partial charge in [0.2, 0.25) is 5.95 Å². The summed E-state index contributed by atoms with van der Waals surface area (Å²) in [6.45, 7) is 3.82. The third-order valence-corrected chi connectivity index (χ3v) is 4.85. The van der Waals surface area contributed by atoms with E-state index in [1.54, 1.807) is 6.92 Å². The summed E-state index contributed by atoms with van der Waals surface area (Å²) < 4.78 is 22.1. The summed E-state index contributed by atoms with van der Waals surface area (Å²) in [7, 11) is 0. The lowest BCUT2D eigenvalue weighted by Crippen LogP contribution is -2.36. The number of imidazole rings is 1. The molecule has 150 valence electrons. The number of aromatic amines is 1. The van der Waals surface area contributed by atoms with Crippen LogP contribution in [0, 0.1) is 0 Å². The molecule has 3 heterocycles. The summed E-state index contributed by atoms with van der Waals surface area (Å²) in [5.41, 5.74) is 4.21. The fourth-order valence-corrected chi connectivity index (χ4v) is 3.37. The van der Waals surface area contributed by atoms with Gasteiger partial charge in [-0.25, -0.2) is 13.8 Å². The van der Waals surface area contributed by atoms with Gasteiger partial charge in [0.05, 0.1) is 6.10 Å². The number of aryl methyl sites for hydroxylation is 1. The zero-order valence-electron chi connectivity index (χ0n) is 15.1. The summed E-state index contributed by atoms with van der Waals surface area (Å²) in [5.74, 6) is -0.219. The number of aliphatic hydroxyl groups is 2. The van der Waals surface area contributed by atoms with Gasteiger partial charge in [-0.05, 0) is 12.8 Å². The number of aliphatic hydroxyl groups excluding tert-OH is 2. The van der Waals surface area contributed by atoms with Crippen LogP contribution in [0.15, 0.2) is 9.59 Å². The number of rotatable bonds is 6. The van der Waals surface area contributed by atoms with Crippen LogP contribution in [0.3, 0.4) is 0 Å². The molecular weight excluding hydrogens is 361 g/mol. The molecule has 27 heavy (non-hydrogen) atoms. The highest BCUT2D eigenvalue weighted by molar-refractivity contribution is 5.71. The zero-order chi connectivity index (χ0) is 19.9. The minimum atomic E-state index is -1.90. The van der Waals surface area contributed by atoms with E-state index in [0.717, 1.165) is 11.0 Å². The van der Waals surface area contributed by atoms with Gasteiger partial charge in [0.25, 0.3) is 5.56 Å². The lowest BCUT2D eigenvalue weighted by Gasteiger charge is -2.18. The molecule has 11 heteroatoms. The van der Waals surface area contributed by atoms with Crippen LogP contribution in [0.1, 0.15) is 39.3 Å². The summed E-state index contributed by atoms with van der Waals surface area (Å²) >= 11 is 0. The lowest BCUT2D eigenvalue weighted by atomic mass is 10.1. The number of hydrogen-bond donors (Lipinski definition) is 4. The van der Waals surface area contributed by atoms with E-state index in [2.05, 4.69) is 9.97 Å². The Kier molecular flexibility index (Phi) is 5.36. The second-order valence-corrected chi connectivity index (χ2v) is 6.68. The number of nitrogen functional groups attached to an aromatic ring is 1. The van der Waals surface area contributed by atoms with Crippen LogP contribution in [0.5, 0.6) is 0 Å². The maximum Gasteiger partial charge on any atom is 0.332 e. The van der Waals surface area contributed by atoms with Crippen LogP contribution in [0.2, 0.25) is 0 Å². The number of nitrogens with one attached hydrogen (secondary N) is 1. The highest BCUT2D eigenvalue weighted by atomic mass is 19.1. The van der Waals surface area contributed by atoms with E-state index in [9.17, 15) is 24.2 Å². The Balaban J connectivity index is 2.18. The molecule has 0 radical (unpaired) electrons. The molecule has 0 spiro atoms. The van der Waals surface area contributed by atoms with Crippen molar-refractivity contribution in [1.29, 1.82) is 0 Å². The molecule has 0 bridgehead atoms. The van der Waals surface area contributed by atoms with Crippen LogP contribution in [0.25, 0.3) is 11.2 Å². The van der Waals surface area contributed by atoms with Gasteiger partial charge in [0.1, 0.15) is 12.2 Å². The van der Waals surface area contributed by atoms with E-state index in [1.807, 2.05) is 6.92 Å². The number of alkyl halides is 1. The first kappa shape index (κ1) is 19.5. The van der Waals surface area contributed by atoms with Crippen molar-refractivity contribution < 1.29 is 19.3 Å². The number of H-pyrrole nitrogens is 1. The molecule has 0 saturated carbocycles. The van der Waals surface area contributed by atoms with Gasteiger partial charge in [0.15, 0.2) is 23.6 Å². The maximum absolute atomic E-state index is 14.5. The quantitative estimate of drug-likeness (QED) is 0.530. The van der Waals surface area contributed by atoms with Gasteiger partial charge in [-0.3, -0.25) is 14.3 Å². The number of nitrogens with zero attached hydrogens (tertiary/aromatic N) is 3. The van der Waals surface area contributed by atoms with E-state index >= 15 is 0 Å². The molecule has 5 N–H and O–H groups in total. The van der Waals surface area contributed by atoms with Gasteiger partial charge in [0, 0.05) is 6.54 Å². The molecule has 0 aromatic carbocycles. The Morgan fingerprint density at radius 2 is 2.11 bits per heavy atom. The Morgan fingerprint density at radius 3 is 2.74 bits per heavy atom. The van der Waals surface area contributed by atoms with Crippen molar-refractivity contribution in [2.75, 3.05) is 5.73 Å². The van der Waals surface area contributed by atoms with Gasteiger partial charge >= 0.3 is 5.69 Å². The van der Waals surface area contributed by atoms with E-state index in [4.69, 9.17) is 10.5 Å². The minimum Gasteiger partial charge on any atom is -0.390 e. The number of hydrogen-bond acceptors (Lipinski definition) is 7. The Hall–Kier alpha value is -2.24. The van der Waals surface area contributed by atoms with Crippen LogP contribution in [0.4, 0.5) is 10.3 Å². The molecule has 2 aromatic heterocycles. The summed E-state index contributed by atoms with van der Waals surface area (Å²) in [6.07, 6.45) is -5.87. The van der Waals surface area contributed by atoms with E-state index in [1.165, 1.54) is 4.57 Å². The Bertz CT molecular complexity index is 938. The molecule has 1 aliphatic heterocycles. The maximum atomic E-state index is 14.5. The van der Waals surface area contributed by atoms with Crippen molar-refractivity contribution in [3.63, 3.8) is 0 Å². The first-order valence-electron chi connectivity index (χ1n) is 8.97. The molecule has 1 aliphatic rings. The van der Waals surface area contributed by atoms with E-state index in [0.29, 0.717) is 6.42 Å². The van der Waals surface area contributed by atoms with Crippen molar-refractivity contribution in [1.82, 2.24) is 19.1 Å². The first-order chi connectivity index (χ1) is 12.8. The fourth-order valence-electron chi connectivity index (χ4n) is 3.37. The topological polar surface area (TPSA) is 148 Å². The molecule has 0 amide bonds. The fraction of sp³-hybridized carbons (Fsp3) is 0.688. The summed E-state index contributed by atoms with van der Waals surface area (Å²) in [5, 5.41) is 20.3. The predicted molar refractivity (Wildman–Crippen MR) is 95.0 cm³/mol. The minimum absolute atomic E-state index is 0.0200. The smallest absolute Gasteiger partial charge is 0.332 e. The zero-order valence-corrected chi connectivity index (χ0v) is 15.1. The molecule has 10 nitrogen and oxygen atoms in total. The third-order valence-electron chi connectivity index (χ3n) is 4.85. The predicted octanol–water partition coefficient (Wildman–Crippen LogP) is -0.364. The summed E-state index contributed by atoms with van der Waals surface area (Å²) in [6, 6.07) is 0. The number of nitrogens with two attached hydrogens (primary N) is 1. The number of ether oxygens (including phenoxy) is 1. The number of fused-ring (bicyclic) bond motifs is 1. The molecule has 1 saturated heterocycles. The largest absolute Gasteiger partial charge is 0.390 e. The average Bonchev–Trinajstić information content (AvgIpc) is 3.07. The summed E-state index contributed by atoms with van der Waals surface area (Å²) in [4.78, 5) is 31.7. The standard InChI is InChI=1S/C16H24FN5O5/c1-3-5-6-21-9-12(19-15(18)20-13(9)25)22(16(21)26)14-10(24)8(17)11(27-14)7(23)4-2/h7-8,10-11,14,23-24H,3-6H2,1-2H3,(H3,18,19,20,25)/t7?,8-,10-,11-,14-/m1/s1. The Labute approximate surface area is 153 Å². The highest BCUT2D eigenvalue weighted by Gasteiger charge is 2.49. The van der Waals surface area contributed by atoms with Crippen molar-refractivity contribution >= 4 is 17.1 Å². The average molecular weight is 385 g/mol. The first-order valence-corrected chi connectivity index (χ1v) is 8.97. The second kappa shape index (κ2) is 7.41. The van der Waals surface area contributed by atoms with Crippen molar-refractivity contribution in [3.8, 4) is 0 Å². The molecular formula is C16H24FN5O5. The molecule has 1 unspecified atom stereocenters. The monoisotopic (exact) mass is 385 g/mol. The molecule has 3 rings (SSSR count). The van der Waals surface area contributed by atoms with Gasteiger partial charge in [-0.15, -0.1) is 0 Å². The lowest BCUT2D eigenvalue weighted by molar-refractivity contribution is -0.0799. The molecule has 5 atom stereocenters. The van der Waals surface area contributed by atoms with Gasteiger partial charge < -0.3 is 20.7 Å². The molecule has 1 fully saturated rings. The highest BCUT2D eigenvalue weighted by Crippen LogP contribution is 2.34. The number of halogens is 1. The van der Waals surface area contributed by atoms with E-state index < -0.39 is 42.0 Å². The van der Waals surface area contributed by atoms with Crippen molar-refractivity contribution in [2.24, 2.45) is 0 Å². The normalized spacial score (nSPS) is 26.7. The molecule has 0 aliphatic carbocycles. The van der Waals surface area contributed by atoms with E-state index in [-0.39, 0.29) is 30.1 Å². The third kappa shape index (κ3) is 3.15. The number of unbranched alkanes of at least 4 members (excludes halogenated alkanes) is 1.